The zero-order valence-corrected chi connectivity index (χ0v) is 18.7. The molecule has 3 amide bonds. The monoisotopic (exact) mass is 469 g/mol. The molecule has 172 valence electrons. The first-order valence-electron chi connectivity index (χ1n) is 10.2. The zero-order valence-electron chi connectivity index (χ0n) is 18.0. The number of nitrogens with zero attached hydrogens (tertiary/aromatic N) is 2. The van der Waals surface area contributed by atoms with Gasteiger partial charge in [0.15, 0.2) is 0 Å². The Morgan fingerprint density at radius 2 is 1.97 bits per heavy atom. The van der Waals surface area contributed by atoms with Crippen LogP contribution in [0.3, 0.4) is 0 Å². The molecule has 33 heavy (non-hydrogen) atoms. The van der Waals surface area contributed by atoms with Gasteiger partial charge in [-0.05, 0) is 42.3 Å². The van der Waals surface area contributed by atoms with Gasteiger partial charge < -0.3 is 21.5 Å². The fourth-order valence-electron chi connectivity index (χ4n) is 3.57. The van der Waals surface area contributed by atoms with E-state index in [1.165, 1.54) is 11.0 Å². The summed E-state index contributed by atoms with van der Waals surface area (Å²) in [4.78, 5) is 41.2. The number of carboxylic acid groups (broad SMARTS) is 1. The molecule has 1 aliphatic heterocycles. The lowest BCUT2D eigenvalue weighted by atomic mass is 9.99. The Kier molecular flexibility index (Phi) is 7.34. The fraction of sp³-hybridized carbons (Fsp3) is 0.217. The first kappa shape index (κ1) is 23.8. The minimum Gasteiger partial charge on any atom is -0.465 e. The van der Waals surface area contributed by atoms with Crippen LogP contribution < -0.4 is 16.8 Å². The highest BCUT2D eigenvalue weighted by Crippen LogP contribution is 2.35. The van der Waals surface area contributed by atoms with Crippen molar-refractivity contribution in [3.05, 3.63) is 52.6 Å². The van der Waals surface area contributed by atoms with E-state index < -0.39 is 12.0 Å². The third kappa shape index (κ3) is 5.89. The summed E-state index contributed by atoms with van der Waals surface area (Å²) in [6.07, 6.45) is 1.33. The molecule has 2 aromatic rings. The zero-order chi connectivity index (χ0) is 24.1. The van der Waals surface area contributed by atoms with Gasteiger partial charge in [-0.1, -0.05) is 30.7 Å². The number of anilines is 1. The number of carbonyl (C=O) groups is 3. The van der Waals surface area contributed by atoms with Gasteiger partial charge in [-0.25, -0.2) is 9.79 Å². The molecule has 3 rings (SSSR count). The van der Waals surface area contributed by atoms with Crippen molar-refractivity contribution in [1.82, 2.24) is 4.90 Å². The minimum absolute atomic E-state index is 0.137. The van der Waals surface area contributed by atoms with Crippen LogP contribution in [0.15, 0.2) is 47.0 Å². The maximum Gasteiger partial charge on any atom is 0.409 e. The molecule has 10 heteroatoms. The van der Waals surface area contributed by atoms with Crippen LogP contribution in [0.2, 0.25) is 5.02 Å². The van der Waals surface area contributed by atoms with Crippen LogP contribution in [0, 0.1) is 0 Å². The topological polar surface area (TPSA) is 151 Å². The molecule has 1 aliphatic rings. The number of halogens is 1. The Morgan fingerprint density at radius 3 is 2.61 bits per heavy atom. The van der Waals surface area contributed by atoms with Gasteiger partial charge in [0, 0.05) is 35.4 Å². The average molecular weight is 470 g/mol. The van der Waals surface area contributed by atoms with Crippen LogP contribution in [0.1, 0.15) is 25.3 Å². The lowest BCUT2D eigenvalue weighted by molar-refractivity contribution is -0.132. The average Bonchev–Trinajstić information content (AvgIpc) is 2.89. The Morgan fingerprint density at radius 1 is 1.21 bits per heavy atom. The molecule has 0 saturated carbocycles. The number of hydrogen-bond donors (Lipinski definition) is 4. The van der Waals surface area contributed by atoms with Gasteiger partial charge in [-0.3, -0.25) is 14.9 Å². The standard InChI is InChI=1S/C23H24ClN5O4/c1-2-7-29(12-21(26)30)22(31)15-9-14-8-13(3-6-19(14)28-20(25)10-15)17-5-4-16(11-18(17)24)27-23(32)33/h3-6,8-9,11,27H,2,7,10,12H2,1H3,(H2,25,28)(H2,26,30)(H,32,33). The first-order valence-corrected chi connectivity index (χ1v) is 10.6. The summed E-state index contributed by atoms with van der Waals surface area (Å²) in [6, 6.07) is 10.2. The molecule has 0 radical (unpaired) electrons. The van der Waals surface area contributed by atoms with Crippen molar-refractivity contribution in [2.45, 2.75) is 19.8 Å². The molecule has 0 spiro atoms. The smallest absolute Gasteiger partial charge is 0.409 e. The number of rotatable bonds is 7. The summed E-state index contributed by atoms with van der Waals surface area (Å²) >= 11 is 6.39. The molecule has 0 aliphatic carbocycles. The number of amidine groups is 1. The molecule has 0 bridgehead atoms. The van der Waals surface area contributed by atoms with E-state index in [9.17, 15) is 14.4 Å². The van der Waals surface area contributed by atoms with E-state index in [0.717, 1.165) is 5.56 Å². The number of nitrogens with two attached hydrogens (primary N) is 2. The Labute approximate surface area is 195 Å². The second kappa shape index (κ2) is 10.2. The van der Waals surface area contributed by atoms with Gasteiger partial charge in [0.1, 0.15) is 5.84 Å². The van der Waals surface area contributed by atoms with Crippen LogP contribution in [0.5, 0.6) is 0 Å². The number of nitrogens with one attached hydrogen (secondary N) is 1. The third-order valence-corrected chi connectivity index (χ3v) is 5.24. The summed E-state index contributed by atoms with van der Waals surface area (Å²) in [7, 11) is 0. The number of fused-ring (bicyclic) bond motifs is 1. The van der Waals surface area contributed by atoms with E-state index in [1.807, 2.05) is 19.1 Å². The SMILES string of the molecule is CCCN(CC(N)=O)C(=O)C1=Cc2cc(-c3ccc(NC(=O)O)cc3Cl)ccc2N=C(N)C1. The maximum atomic E-state index is 13.1. The highest BCUT2D eigenvalue weighted by atomic mass is 35.5. The highest BCUT2D eigenvalue weighted by molar-refractivity contribution is 6.33. The number of hydrogen-bond acceptors (Lipinski definition) is 5. The molecule has 0 unspecified atom stereocenters. The number of primary amides is 1. The second-order valence-corrected chi connectivity index (χ2v) is 7.95. The van der Waals surface area contributed by atoms with Gasteiger partial charge in [0.2, 0.25) is 5.91 Å². The Balaban J connectivity index is 2.01. The summed E-state index contributed by atoms with van der Waals surface area (Å²) in [5.41, 5.74) is 14.8. The van der Waals surface area contributed by atoms with E-state index in [4.69, 9.17) is 28.2 Å². The van der Waals surface area contributed by atoms with Crippen LogP contribution >= 0.6 is 11.6 Å². The number of amides is 3. The van der Waals surface area contributed by atoms with Crippen LogP contribution in [0.4, 0.5) is 16.2 Å². The van der Waals surface area contributed by atoms with Crippen molar-refractivity contribution in [1.29, 1.82) is 0 Å². The van der Waals surface area contributed by atoms with E-state index in [1.54, 1.807) is 24.3 Å². The van der Waals surface area contributed by atoms with Crippen LogP contribution in [-0.2, 0) is 9.59 Å². The van der Waals surface area contributed by atoms with E-state index in [0.29, 0.717) is 46.1 Å². The maximum absolute atomic E-state index is 13.1. The molecule has 0 atom stereocenters. The molecule has 2 aromatic carbocycles. The molecule has 9 nitrogen and oxygen atoms in total. The number of aliphatic imine (C=N–C) groups is 1. The summed E-state index contributed by atoms with van der Waals surface area (Å²) in [5, 5.41) is 11.5. The molecule has 1 heterocycles. The molecule has 0 aromatic heterocycles. The summed E-state index contributed by atoms with van der Waals surface area (Å²) in [6.45, 7) is 2.11. The van der Waals surface area contributed by atoms with Gasteiger partial charge in [-0.15, -0.1) is 0 Å². The predicted octanol–water partition coefficient (Wildman–Crippen LogP) is 3.60. The molecule has 0 fully saturated rings. The van der Waals surface area contributed by atoms with E-state index >= 15 is 0 Å². The van der Waals surface area contributed by atoms with Gasteiger partial charge in [-0.2, -0.15) is 0 Å². The van der Waals surface area contributed by atoms with Crippen molar-refractivity contribution in [3.63, 3.8) is 0 Å². The van der Waals surface area contributed by atoms with Crippen molar-refractivity contribution >= 4 is 52.8 Å². The largest absolute Gasteiger partial charge is 0.465 e. The van der Waals surface area contributed by atoms with Crippen molar-refractivity contribution < 1.29 is 19.5 Å². The van der Waals surface area contributed by atoms with E-state index in [-0.39, 0.29) is 24.7 Å². The van der Waals surface area contributed by atoms with Gasteiger partial charge in [0.05, 0.1) is 17.3 Å². The van der Waals surface area contributed by atoms with Gasteiger partial charge in [0.25, 0.3) is 5.91 Å². The quantitative estimate of drug-likeness (QED) is 0.488. The number of carbonyl (C=O) groups excluding carboxylic acids is 2. The van der Waals surface area contributed by atoms with Crippen LogP contribution in [0.25, 0.3) is 17.2 Å². The molecular weight excluding hydrogens is 446 g/mol. The Bertz CT molecular complexity index is 1180. The van der Waals surface area contributed by atoms with Crippen molar-refractivity contribution in [2.24, 2.45) is 16.5 Å². The molecular formula is C23H24ClN5O4. The first-order chi connectivity index (χ1) is 15.7. The Hall–Kier alpha value is -3.85. The van der Waals surface area contributed by atoms with E-state index in [2.05, 4.69) is 10.3 Å². The lowest BCUT2D eigenvalue weighted by Crippen LogP contribution is -2.40. The second-order valence-electron chi connectivity index (χ2n) is 7.54. The van der Waals surface area contributed by atoms with Crippen molar-refractivity contribution in [2.75, 3.05) is 18.4 Å². The predicted molar refractivity (Wildman–Crippen MR) is 128 cm³/mol. The fourth-order valence-corrected chi connectivity index (χ4v) is 3.86. The van der Waals surface area contributed by atoms with Crippen LogP contribution in [-0.4, -0.2) is 46.8 Å². The third-order valence-electron chi connectivity index (χ3n) is 4.93. The molecule has 0 saturated heterocycles. The van der Waals surface area contributed by atoms with Gasteiger partial charge >= 0.3 is 6.09 Å². The molecule has 6 N–H and O–H groups in total. The summed E-state index contributed by atoms with van der Waals surface area (Å²) in [5.74, 6) is -0.640. The summed E-state index contributed by atoms with van der Waals surface area (Å²) < 4.78 is 0. The van der Waals surface area contributed by atoms with Crippen molar-refractivity contribution in [3.8, 4) is 11.1 Å². The normalized spacial score (nSPS) is 12.7. The minimum atomic E-state index is -1.19. The lowest BCUT2D eigenvalue weighted by Gasteiger charge is -2.21. The number of benzene rings is 2. The highest BCUT2D eigenvalue weighted by Gasteiger charge is 2.22.